The lowest BCUT2D eigenvalue weighted by atomic mass is 9.86. The first-order chi connectivity index (χ1) is 19.9. The van der Waals surface area contributed by atoms with Gasteiger partial charge >= 0.3 is 6.03 Å². The normalized spacial score (nSPS) is 19.0. The molecule has 1 aliphatic rings. The smallest absolute Gasteiger partial charge is 0.320 e. The Morgan fingerprint density at radius 2 is 1.50 bits per heavy atom. The number of benzene rings is 3. The zero-order valence-corrected chi connectivity index (χ0v) is 24.2. The Morgan fingerprint density at radius 3 is 2.02 bits per heavy atom. The van der Waals surface area contributed by atoms with Crippen molar-refractivity contribution in [2.45, 2.75) is 64.1 Å². The van der Waals surface area contributed by atoms with Crippen LogP contribution in [0.2, 0.25) is 0 Å². The van der Waals surface area contributed by atoms with E-state index in [2.05, 4.69) is 0 Å². The number of rotatable bonds is 6. The third-order valence-electron chi connectivity index (χ3n) is 7.46. The second-order valence-corrected chi connectivity index (χ2v) is 11.4. The van der Waals surface area contributed by atoms with Crippen molar-refractivity contribution in [1.29, 1.82) is 0 Å². The second kappa shape index (κ2) is 12.4. The summed E-state index contributed by atoms with van der Waals surface area (Å²) in [7, 11) is 0. The maximum atomic E-state index is 14.9. The SMILES string of the molecule is CC(=O)N(N1C(=O)C(N(C(N)=O)c2cccc(C(=O)NO)c2)CC(c2ccccc2)CC1c1ccccc1)C(C)(C)C. The van der Waals surface area contributed by atoms with Crippen molar-refractivity contribution >= 4 is 29.4 Å². The molecule has 1 fully saturated rings. The highest BCUT2D eigenvalue weighted by atomic mass is 16.5. The summed E-state index contributed by atoms with van der Waals surface area (Å²) in [6, 6.07) is 22.6. The van der Waals surface area contributed by atoms with E-state index in [9.17, 15) is 24.4 Å². The van der Waals surface area contributed by atoms with Gasteiger partial charge in [0.2, 0.25) is 5.91 Å². The number of carbonyl (C=O) groups is 4. The van der Waals surface area contributed by atoms with Crippen LogP contribution in [0.25, 0.3) is 0 Å². The third-order valence-corrected chi connectivity index (χ3v) is 7.46. The molecular weight excluding hydrogens is 534 g/mol. The molecule has 0 spiro atoms. The van der Waals surface area contributed by atoms with Gasteiger partial charge in [-0.25, -0.2) is 20.3 Å². The summed E-state index contributed by atoms with van der Waals surface area (Å²) < 4.78 is 0. The van der Waals surface area contributed by atoms with Crippen molar-refractivity contribution in [2.24, 2.45) is 5.73 Å². The summed E-state index contributed by atoms with van der Waals surface area (Å²) in [5, 5.41) is 12.1. The molecule has 42 heavy (non-hydrogen) atoms. The Bertz CT molecular complexity index is 1440. The van der Waals surface area contributed by atoms with Crippen LogP contribution in [0.4, 0.5) is 10.5 Å². The number of nitrogens with one attached hydrogen (secondary N) is 1. The maximum Gasteiger partial charge on any atom is 0.320 e. The van der Waals surface area contributed by atoms with Gasteiger partial charge in [-0.3, -0.25) is 24.5 Å². The lowest BCUT2D eigenvalue weighted by molar-refractivity contribution is -0.181. The van der Waals surface area contributed by atoms with Crippen molar-refractivity contribution < 1.29 is 24.4 Å². The fraction of sp³-hybridized carbons (Fsp3) is 0.312. The van der Waals surface area contributed by atoms with Crippen LogP contribution >= 0.6 is 0 Å². The predicted octanol–water partition coefficient (Wildman–Crippen LogP) is 4.77. The number of hydroxylamine groups is 1. The minimum Gasteiger partial charge on any atom is -0.351 e. The van der Waals surface area contributed by atoms with E-state index in [1.807, 2.05) is 81.4 Å². The lowest BCUT2D eigenvalue weighted by Gasteiger charge is -2.47. The number of anilines is 1. The zero-order valence-electron chi connectivity index (χ0n) is 24.2. The molecule has 1 heterocycles. The summed E-state index contributed by atoms with van der Waals surface area (Å²) in [6.07, 6.45) is 0.674. The standard InChI is InChI=1S/C32H37N5O5/c1-21(38)37(32(2,3)4)36-27(23-14-9-6-10-15-23)19-25(22-12-7-5-8-13-22)20-28(30(36)40)35(31(33)41)26-17-11-16-24(18-26)29(39)34-42/h5-18,25,27-28,42H,19-20H2,1-4H3,(H2,33,41)(H,34,39). The second-order valence-electron chi connectivity index (χ2n) is 11.4. The molecule has 0 aromatic heterocycles. The van der Waals surface area contributed by atoms with E-state index in [-0.39, 0.29) is 29.5 Å². The van der Waals surface area contributed by atoms with Crippen molar-refractivity contribution in [2.75, 3.05) is 4.90 Å². The number of amides is 5. The molecule has 3 unspecified atom stereocenters. The van der Waals surface area contributed by atoms with Gasteiger partial charge in [-0.15, -0.1) is 0 Å². The van der Waals surface area contributed by atoms with E-state index in [4.69, 9.17) is 5.73 Å². The molecule has 0 bridgehead atoms. The molecule has 220 valence electrons. The molecule has 5 amide bonds. The average molecular weight is 572 g/mol. The van der Waals surface area contributed by atoms with Gasteiger partial charge in [-0.05, 0) is 68.9 Å². The van der Waals surface area contributed by atoms with E-state index < -0.39 is 35.5 Å². The minimum atomic E-state index is -1.13. The highest BCUT2D eigenvalue weighted by molar-refractivity contribution is 6.01. The van der Waals surface area contributed by atoms with Gasteiger partial charge in [0, 0.05) is 18.2 Å². The number of primary amides is 1. The van der Waals surface area contributed by atoms with Crippen molar-refractivity contribution in [3.8, 4) is 0 Å². The van der Waals surface area contributed by atoms with Gasteiger partial charge in [-0.1, -0.05) is 66.7 Å². The van der Waals surface area contributed by atoms with E-state index >= 15 is 0 Å². The summed E-state index contributed by atoms with van der Waals surface area (Å²) in [5.74, 6) is -1.81. The lowest BCUT2D eigenvalue weighted by Crippen LogP contribution is -2.62. The van der Waals surface area contributed by atoms with Crippen LogP contribution in [0.1, 0.15) is 74.0 Å². The molecule has 4 rings (SSSR count). The van der Waals surface area contributed by atoms with Crippen molar-refractivity contribution in [3.05, 3.63) is 102 Å². The number of urea groups is 1. The Balaban J connectivity index is 1.96. The highest BCUT2D eigenvalue weighted by Crippen LogP contribution is 2.43. The molecule has 4 N–H and O–H groups in total. The van der Waals surface area contributed by atoms with Crippen LogP contribution in [0.3, 0.4) is 0 Å². The highest BCUT2D eigenvalue weighted by Gasteiger charge is 2.47. The van der Waals surface area contributed by atoms with Crippen LogP contribution in [0.15, 0.2) is 84.9 Å². The Morgan fingerprint density at radius 1 is 0.905 bits per heavy atom. The zero-order chi connectivity index (χ0) is 30.6. The molecule has 0 radical (unpaired) electrons. The molecule has 0 saturated carbocycles. The van der Waals surface area contributed by atoms with E-state index in [1.165, 1.54) is 40.0 Å². The van der Waals surface area contributed by atoms with Crippen LogP contribution in [-0.4, -0.2) is 50.6 Å². The van der Waals surface area contributed by atoms with Crippen molar-refractivity contribution in [1.82, 2.24) is 15.5 Å². The average Bonchev–Trinajstić information content (AvgIpc) is 3.10. The molecular formula is C32H37N5O5. The van der Waals surface area contributed by atoms with Gasteiger partial charge in [-0.2, -0.15) is 0 Å². The monoisotopic (exact) mass is 571 g/mol. The van der Waals surface area contributed by atoms with Gasteiger partial charge < -0.3 is 5.73 Å². The third kappa shape index (κ3) is 6.28. The molecule has 1 saturated heterocycles. The quantitative estimate of drug-likeness (QED) is 0.289. The Hall–Kier alpha value is -4.70. The van der Waals surface area contributed by atoms with Crippen LogP contribution < -0.4 is 16.1 Å². The van der Waals surface area contributed by atoms with E-state index in [0.29, 0.717) is 6.42 Å². The largest absolute Gasteiger partial charge is 0.351 e. The van der Waals surface area contributed by atoms with Gasteiger partial charge in [0.05, 0.1) is 11.6 Å². The van der Waals surface area contributed by atoms with Crippen LogP contribution in [0, 0.1) is 0 Å². The minimum absolute atomic E-state index is 0.0704. The molecule has 10 nitrogen and oxygen atoms in total. The first-order valence-corrected chi connectivity index (χ1v) is 13.8. The first kappa shape index (κ1) is 30.3. The predicted molar refractivity (Wildman–Crippen MR) is 158 cm³/mol. The molecule has 10 heteroatoms. The number of nitrogens with two attached hydrogens (primary N) is 1. The van der Waals surface area contributed by atoms with Crippen molar-refractivity contribution in [3.63, 3.8) is 0 Å². The number of hydrazine groups is 1. The Labute approximate surface area is 245 Å². The number of nitrogens with zero attached hydrogens (tertiary/aromatic N) is 3. The molecule has 1 aliphatic heterocycles. The molecule has 3 aromatic rings. The fourth-order valence-electron chi connectivity index (χ4n) is 5.82. The first-order valence-electron chi connectivity index (χ1n) is 13.8. The van der Waals surface area contributed by atoms with Crippen LogP contribution in [-0.2, 0) is 9.59 Å². The van der Waals surface area contributed by atoms with Gasteiger partial charge in [0.1, 0.15) is 6.04 Å². The van der Waals surface area contributed by atoms with Gasteiger partial charge in [0.25, 0.3) is 11.8 Å². The number of hydrogen-bond acceptors (Lipinski definition) is 5. The number of carbonyl (C=O) groups excluding carboxylic acids is 4. The van der Waals surface area contributed by atoms with Crippen LogP contribution in [0.5, 0.6) is 0 Å². The van der Waals surface area contributed by atoms with Gasteiger partial charge in [0.15, 0.2) is 0 Å². The summed E-state index contributed by atoms with van der Waals surface area (Å²) in [4.78, 5) is 54.7. The van der Waals surface area contributed by atoms with E-state index in [0.717, 1.165) is 11.1 Å². The van der Waals surface area contributed by atoms with E-state index in [1.54, 1.807) is 11.5 Å². The molecule has 3 aromatic carbocycles. The maximum absolute atomic E-state index is 14.9. The number of hydrogen-bond donors (Lipinski definition) is 3. The molecule has 3 atom stereocenters. The summed E-state index contributed by atoms with van der Waals surface area (Å²) in [6.45, 7) is 6.96. The Kier molecular flexibility index (Phi) is 8.96. The fourth-order valence-corrected chi connectivity index (χ4v) is 5.82. The topological polar surface area (TPSA) is 136 Å². The summed E-state index contributed by atoms with van der Waals surface area (Å²) >= 11 is 0. The molecule has 0 aliphatic carbocycles. The summed E-state index contributed by atoms with van der Waals surface area (Å²) in [5.41, 5.74) is 8.84.